The van der Waals surface area contributed by atoms with Crippen LogP contribution in [0, 0.1) is 5.92 Å². The third-order valence-electron chi connectivity index (χ3n) is 1.97. The quantitative estimate of drug-likeness (QED) is 0.781. The summed E-state index contributed by atoms with van der Waals surface area (Å²) in [6.45, 7) is 4.35. The van der Waals surface area contributed by atoms with Crippen LogP contribution < -0.4 is 5.73 Å². The number of rotatable bonds is 5. The van der Waals surface area contributed by atoms with Crippen molar-refractivity contribution in [2.24, 2.45) is 11.7 Å². The fraction of sp³-hybridized carbons (Fsp3) is 0.455. The second-order valence-electron chi connectivity index (χ2n) is 3.75. The maximum Gasteiger partial charge on any atom is 0.251 e. The van der Waals surface area contributed by atoms with Gasteiger partial charge in [0.2, 0.25) is 0 Å². The van der Waals surface area contributed by atoms with Crippen molar-refractivity contribution in [3.63, 3.8) is 0 Å². The van der Waals surface area contributed by atoms with Gasteiger partial charge in [0.05, 0.1) is 5.56 Å². The first-order chi connectivity index (χ1) is 7.11. The molecule has 0 fully saturated rings. The van der Waals surface area contributed by atoms with Gasteiger partial charge < -0.3 is 5.73 Å². The number of amides is 1. The minimum absolute atomic E-state index is 0.407. The Bertz CT molecular complexity index is 339. The second-order valence-corrected chi connectivity index (χ2v) is 4.83. The fourth-order valence-electron chi connectivity index (χ4n) is 1.08. The lowest BCUT2D eigenvalue weighted by molar-refractivity contribution is 0.0997. The zero-order valence-corrected chi connectivity index (χ0v) is 9.88. The maximum absolute atomic E-state index is 11.1. The topological polar surface area (TPSA) is 56.0 Å². The van der Waals surface area contributed by atoms with Crippen molar-refractivity contribution in [2.75, 3.05) is 5.75 Å². The molecule has 0 atom stereocenters. The summed E-state index contributed by atoms with van der Waals surface area (Å²) in [5, 5.41) is 0.741. The molecule has 0 saturated heterocycles. The van der Waals surface area contributed by atoms with Crippen molar-refractivity contribution in [1.29, 1.82) is 0 Å². The van der Waals surface area contributed by atoms with Gasteiger partial charge in [-0.3, -0.25) is 4.79 Å². The van der Waals surface area contributed by atoms with Crippen LogP contribution in [0.4, 0.5) is 0 Å². The van der Waals surface area contributed by atoms with Crippen LogP contribution >= 0.6 is 11.8 Å². The highest BCUT2D eigenvalue weighted by Crippen LogP contribution is 2.21. The first kappa shape index (κ1) is 12.0. The SMILES string of the molecule is CC(C)CCSc1ncccc1C(N)=O. The Morgan fingerprint density at radius 1 is 1.60 bits per heavy atom. The summed E-state index contributed by atoms with van der Waals surface area (Å²) in [4.78, 5) is 15.2. The predicted molar refractivity (Wildman–Crippen MR) is 62.9 cm³/mol. The van der Waals surface area contributed by atoms with Crippen molar-refractivity contribution in [3.05, 3.63) is 23.9 Å². The lowest BCUT2D eigenvalue weighted by atomic mass is 10.2. The highest BCUT2D eigenvalue weighted by Gasteiger charge is 2.08. The van der Waals surface area contributed by atoms with Crippen molar-refractivity contribution in [1.82, 2.24) is 4.98 Å². The molecule has 0 unspecified atom stereocenters. The molecule has 0 saturated carbocycles. The van der Waals surface area contributed by atoms with Gasteiger partial charge in [0.1, 0.15) is 5.03 Å². The first-order valence-electron chi connectivity index (χ1n) is 4.99. The highest BCUT2D eigenvalue weighted by molar-refractivity contribution is 7.99. The van der Waals surface area contributed by atoms with Crippen molar-refractivity contribution in [2.45, 2.75) is 25.3 Å². The summed E-state index contributed by atoms with van der Waals surface area (Å²) in [6.07, 6.45) is 2.80. The monoisotopic (exact) mass is 224 g/mol. The standard InChI is InChI=1S/C11H16N2OS/c1-8(2)5-7-15-11-9(10(12)14)4-3-6-13-11/h3-4,6,8H,5,7H2,1-2H3,(H2,12,14). The molecule has 0 aliphatic carbocycles. The van der Waals surface area contributed by atoms with Gasteiger partial charge in [-0.1, -0.05) is 13.8 Å². The maximum atomic E-state index is 11.1. The number of hydrogen-bond donors (Lipinski definition) is 1. The zero-order chi connectivity index (χ0) is 11.3. The Labute approximate surface area is 94.5 Å². The van der Waals surface area contributed by atoms with Crippen molar-refractivity contribution in [3.8, 4) is 0 Å². The molecule has 2 N–H and O–H groups in total. The fourth-order valence-corrected chi connectivity index (χ4v) is 2.33. The largest absolute Gasteiger partial charge is 0.366 e. The van der Waals surface area contributed by atoms with E-state index < -0.39 is 5.91 Å². The summed E-state index contributed by atoms with van der Waals surface area (Å²) >= 11 is 1.59. The molecule has 1 amide bonds. The Morgan fingerprint density at radius 2 is 2.33 bits per heavy atom. The van der Waals surface area contributed by atoms with Crippen LogP contribution in [0.25, 0.3) is 0 Å². The molecule has 1 rings (SSSR count). The van der Waals surface area contributed by atoms with Gasteiger partial charge in [-0.2, -0.15) is 0 Å². The molecule has 1 aromatic rings. The normalized spacial score (nSPS) is 10.6. The molecule has 1 heterocycles. The molecule has 0 bridgehead atoms. The highest BCUT2D eigenvalue weighted by atomic mass is 32.2. The van der Waals surface area contributed by atoms with Gasteiger partial charge in [0.25, 0.3) is 5.91 Å². The average molecular weight is 224 g/mol. The summed E-state index contributed by atoms with van der Waals surface area (Å²) < 4.78 is 0. The van der Waals surface area contributed by atoms with Gasteiger partial charge >= 0.3 is 0 Å². The van der Waals surface area contributed by atoms with E-state index in [0.717, 1.165) is 17.2 Å². The van der Waals surface area contributed by atoms with Crippen LogP contribution in [0.1, 0.15) is 30.6 Å². The minimum atomic E-state index is -0.407. The minimum Gasteiger partial charge on any atom is -0.366 e. The van der Waals surface area contributed by atoms with E-state index in [4.69, 9.17) is 5.73 Å². The molecular weight excluding hydrogens is 208 g/mol. The Kier molecular flexibility index (Phi) is 4.62. The summed E-state index contributed by atoms with van der Waals surface area (Å²) in [5.41, 5.74) is 5.77. The number of carbonyl (C=O) groups is 1. The van der Waals surface area contributed by atoms with Gasteiger partial charge in [-0.25, -0.2) is 4.98 Å². The van der Waals surface area contributed by atoms with E-state index in [-0.39, 0.29) is 0 Å². The molecule has 0 aliphatic rings. The number of nitrogens with two attached hydrogens (primary N) is 1. The molecule has 4 heteroatoms. The van der Waals surface area contributed by atoms with Crippen molar-refractivity contribution < 1.29 is 4.79 Å². The third kappa shape index (κ3) is 3.91. The first-order valence-corrected chi connectivity index (χ1v) is 5.97. The van der Waals surface area contributed by atoms with Gasteiger partial charge in [0.15, 0.2) is 0 Å². The molecule has 0 spiro atoms. The van der Waals surface area contributed by atoms with E-state index in [1.165, 1.54) is 0 Å². The molecule has 82 valence electrons. The van der Waals surface area contributed by atoms with Gasteiger partial charge in [-0.15, -0.1) is 11.8 Å². The Hall–Kier alpha value is -1.03. The number of carbonyl (C=O) groups excluding carboxylic acids is 1. The van der Waals surface area contributed by atoms with Crippen LogP contribution in [0.2, 0.25) is 0 Å². The third-order valence-corrected chi connectivity index (χ3v) is 3.01. The molecule has 0 aliphatic heterocycles. The zero-order valence-electron chi connectivity index (χ0n) is 9.06. The van der Waals surface area contributed by atoms with E-state index in [1.807, 2.05) is 0 Å². The Morgan fingerprint density at radius 3 is 2.93 bits per heavy atom. The predicted octanol–water partition coefficient (Wildman–Crippen LogP) is 2.32. The molecule has 0 aromatic carbocycles. The number of primary amides is 1. The molecule has 0 radical (unpaired) electrons. The summed E-state index contributed by atoms with van der Waals surface area (Å²) in [7, 11) is 0. The van der Waals surface area contributed by atoms with Crippen LogP contribution in [0.3, 0.4) is 0 Å². The second kappa shape index (κ2) is 5.75. The van der Waals surface area contributed by atoms with Gasteiger partial charge in [-0.05, 0) is 30.2 Å². The van der Waals surface area contributed by atoms with E-state index in [9.17, 15) is 4.79 Å². The Balaban J connectivity index is 2.63. The van der Waals surface area contributed by atoms with E-state index >= 15 is 0 Å². The number of thioether (sulfide) groups is 1. The van der Waals surface area contributed by atoms with Crippen LogP contribution in [-0.2, 0) is 0 Å². The van der Waals surface area contributed by atoms with E-state index in [1.54, 1.807) is 30.1 Å². The molecular formula is C11H16N2OS. The van der Waals surface area contributed by atoms with Crippen LogP contribution in [-0.4, -0.2) is 16.6 Å². The molecule has 15 heavy (non-hydrogen) atoms. The lowest BCUT2D eigenvalue weighted by Gasteiger charge is -2.06. The number of aromatic nitrogens is 1. The molecule has 1 aromatic heterocycles. The smallest absolute Gasteiger partial charge is 0.251 e. The van der Waals surface area contributed by atoms with Gasteiger partial charge in [0, 0.05) is 6.20 Å². The van der Waals surface area contributed by atoms with E-state index in [0.29, 0.717) is 11.5 Å². The summed E-state index contributed by atoms with van der Waals surface area (Å²) in [5.74, 6) is 1.22. The number of hydrogen-bond acceptors (Lipinski definition) is 3. The summed E-state index contributed by atoms with van der Waals surface area (Å²) in [6, 6.07) is 3.44. The van der Waals surface area contributed by atoms with Crippen LogP contribution in [0.15, 0.2) is 23.4 Å². The number of nitrogens with zero attached hydrogens (tertiary/aromatic N) is 1. The molecule has 3 nitrogen and oxygen atoms in total. The van der Waals surface area contributed by atoms with Crippen LogP contribution in [0.5, 0.6) is 0 Å². The average Bonchev–Trinajstić information content (AvgIpc) is 2.17. The van der Waals surface area contributed by atoms with Crippen molar-refractivity contribution >= 4 is 17.7 Å². The lowest BCUT2D eigenvalue weighted by Crippen LogP contribution is -2.12. The number of pyridine rings is 1. The van der Waals surface area contributed by atoms with E-state index in [2.05, 4.69) is 18.8 Å².